The smallest absolute Gasteiger partial charge is 0.0864 e. The molecule has 2 heteroatoms. The van der Waals surface area contributed by atoms with Crippen molar-refractivity contribution in [3.63, 3.8) is 0 Å². The van der Waals surface area contributed by atoms with Gasteiger partial charge in [-0.15, -0.1) is 0 Å². The van der Waals surface area contributed by atoms with E-state index in [1.807, 2.05) is 0 Å². The summed E-state index contributed by atoms with van der Waals surface area (Å²) in [4.78, 5) is 0. The van der Waals surface area contributed by atoms with Crippen molar-refractivity contribution >= 4 is 10.9 Å². The molecular formula is C12H15NO. The number of ether oxygens (including phenoxy) is 1. The highest BCUT2D eigenvalue weighted by Crippen LogP contribution is 2.19. The van der Waals surface area contributed by atoms with Crippen LogP contribution in [0.4, 0.5) is 0 Å². The summed E-state index contributed by atoms with van der Waals surface area (Å²) in [7, 11) is 1.73. The third-order valence-corrected chi connectivity index (χ3v) is 2.50. The van der Waals surface area contributed by atoms with Crippen molar-refractivity contribution < 1.29 is 4.74 Å². The maximum Gasteiger partial charge on any atom is 0.0864 e. The lowest BCUT2D eigenvalue weighted by Gasteiger charge is -2.06. The summed E-state index contributed by atoms with van der Waals surface area (Å²) in [5.74, 6) is 0. The molecule has 0 aliphatic rings. The predicted octanol–water partition coefficient (Wildman–Crippen LogP) is 2.81. The first-order valence-corrected chi connectivity index (χ1v) is 4.93. The molecule has 74 valence electrons. The van der Waals surface area contributed by atoms with Crippen LogP contribution in [0, 0.1) is 0 Å². The summed E-state index contributed by atoms with van der Waals surface area (Å²) in [5.41, 5.74) is 2.54. The van der Waals surface area contributed by atoms with Gasteiger partial charge in [0.25, 0.3) is 0 Å². The van der Waals surface area contributed by atoms with Gasteiger partial charge in [0, 0.05) is 24.9 Å². The Morgan fingerprint density at radius 2 is 2.07 bits per heavy atom. The van der Waals surface area contributed by atoms with Crippen LogP contribution in [-0.4, -0.2) is 11.7 Å². The zero-order chi connectivity index (χ0) is 9.97. The molecule has 2 aromatic rings. The van der Waals surface area contributed by atoms with Gasteiger partial charge in [-0.3, -0.25) is 0 Å². The highest BCUT2D eigenvalue weighted by atomic mass is 16.5. The standard InChI is InChI=1S/C12H15NO/c1-3-13-11(9-14-2)8-10-6-4-5-7-12(10)13/h4-8H,3,9H2,1-2H3. The van der Waals surface area contributed by atoms with Crippen LogP contribution in [-0.2, 0) is 17.9 Å². The minimum Gasteiger partial charge on any atom is -0.378 e. The van der Waals surface area contributed by atoms with E-state index in [1.54, 1.807) is 7.11 Å². The molecular weight excluding hydrogens is 174 g/mol. The second-order valence-corrected chi connectivity index (χ2v) is 3.37. The normalized spacial score (nSPS) is 11.0. The Bertz CT molecular complexity index is 431. The highest BCUT2D eigenvalue weighted by Gasteiger charge is 2.05. The highest BCUT2D eigenvalue weighted by molar-refractivity contribution is 5.81. The van der Waals surface area contributed by atoms with Gasteiger partial charge in [0.1, 0.15) is 0 Å². The molecule has 0 amide bonds. The van der Waals surface area contributed by atoms with E-state index < -0.39 is 0 Å². The van der Waals surface area contributed by atoms with Crippen LogP contribution in [0.3, 0.4) is 0 Å². The van der Waals surface area contributed by atoms with E-state index in [4.69, 9.17) is 4.74 Å². The number of para-hydroxylation sites is 1. The van der Waals surface area contributed by atoms with Gasteiger partial charge in [0.05, 0.1) is 6.61 Å². The summed E-state index contributed by atoms with van der Waals surface area (Å²) in [6.07, 6.45) is 0. The Balaban J connectivity index is 2.60. The third kappa shape index (κ3) is 1.42. The molecule has 2 nitrogen and oxygen atoms in total. The molecule has 0 saturated heterocycles. The van der Waals surface area contributed by atoms with Gasteiger partial charge < -0.3 is 9.30 Å². The Labute approximate surface area is 84.1 Å². The van der Waals surface area contributed by atoms with E-state index in [9.17, 15) is 0 Å². The number of benzene rings is 1. The molecule has 0 bridgehead atoms. The van der Waals surface area contributed by atoms with E-state index >= 15 is 0 Å². The molecule has 0 fully saturated rings. The molecule has 0 saturated carbocycles. The van der Waals surface area contributed by atoms with Gasteiger partial charge in [-0.05, 0) is 24.4 Å². The number of aryl methyl sites for hydroxylation is 1. The van der Waals surface area contributed by atoms with Crippen LogP contribution in [0.2, 0.25) is 0 Å². The van der Waals surface area contributed by atoms with Crippen molar-refractivity contribution in [2.75, 3.05) is 7.11 Å². The first-order chi connectivity index (χ1) is 6.86. The summed E-state index contributed by atoms with van der Waals surface area (Å²) < 4.78 is 7.47. The summed E-state index contributed by atoms with van der Waals surface area (Å²) in [6, 6.07) is 10.6. The number of nitrogens with zero attached hydrogens (tertiary/aromatic N) is 1. The second kappa shape index (κ2) is 3.84. The number of aromatic nitrogens is 1. The van der Waals surface area contributed by atoms with Crippen molar-refractivity contribution in [1.29, 1.82) is 0 Å². The molecule has 14 heavy (non-hydrogen) atoms. The number of fused-ring (bicyclic) bond motifs is 1. The zero-order valence-corrected chi connectivity index (χ0v) is 8.66. The molecule has 0 aliphatic heterocycles. The van der Waals surface area contributed by atoms with Crippen molar-refractivity contribution in [2.24, 2.45) is 0 Å². The fraction of sp³-hybridized carbons (Fsp3) is 0.333. The van der Waals surface area contributed by atoms with Crippen LogP contribution in [0.25, 0.3) is 10.9 Å². The molecule has 0 N–H and O–H groups in total. The number of hydrogen-bond acceptors (Lipinski definition) is 1. The Hall–Kier alpha value is -1.28. The fourth-order valence-corrected chi connectivity index (χ4v) is 1.91. The van der Waals surface area contributed by atoms with Crippen LogP contribution < -0.4 is 0 Å². The van der Waals surface area contributed by atoms with Gasteiger partial charge in [0.2, 0.25) is 0 Å². The minimum atomic E-state index is 0.683. The van der Waals surface area contributed by atoms with E-state index in [0.717, 1.165) is 6.54 Å². The predicted molar refractivity (Wildman–Crippen MR) is 58.3 cm³/mol. The second-order valence-electron chi connectivity index (χ2n) is 3.37. The Morgan fingerprint density at radius 1 is 1.29 bits per heavy atom. The van der Waals surface area contributed by atoms with Crippen molar-refractivity contribution in [1.82, 2.24) is 4.57 Å². The fourth-order valence-electron chi connectivity index (χ4n) is 1.91. The maximum atomic E-state index is 5.18. The Morgan fingerprint density at radius 3 is 2.79 bits per heavy atom. The topological polar surface area (TPSA) is 14.2 Å². The van der Waals surface area contributed by atoms with Gasteiger partial charge in [-0.1, -0.05) is 18.2 Å². The van der Waals surface area contributed by atoms with Gasteiger partial charge in [0.15, 0.2) is 0 Å². The monoisotopic (exact) mass is 189 g/mol. The molecule has 1 heterocycles. The van der Waals surface area contributed by atoms with Crippen molar-refractivity contribution in [3.05, 3.63) is 36.0 Å². The number of methoxy groups -OCH3 is 1. The molecule has 2 rings (SSSR count). The summed E-state index contributed by atoms with van der Waals surface area (Å²) in [5, 5.41) is 1.29. The maximum absolute atomic E-state index is 5.18. The lowest BCUT2D eigenvalue weighted by molar-refractivity contribution is 0.178. The lowest BCUT2D eigenvalue weighted by atomic mass is 10.2. The molecule has 1 aromatic heterocycles. The first-order valence-electron chi connectivity index (χ1n) is 4.93. The average molecular weight is 189 g/mol. The quantitative estimate of drug-likeness (QED) is 0.724. The van der Waals surface area contributed by atoms with Crippen LogP contribution >= 0.6 is 0 Å². The van der Waals surface area contributed by atoms with Gasteiger partial charge >= 0.3 is 0 Å². The summed E-state index contributed by atoms with van der Waals surface area (Å²) in [6.45, 7) is 3.83. The van der Waals surface area contributed by atoms with Crippen LogP contribution in [0.1, 0.15) is 12.6 Å². The molecule has 0 aliphatic carbocycles. The number of rotatable bonds is 3. The van der Waals surface area contributed by atoms with Gasteiger partial charge in [-0.25, -0.2) is 0 Å². The first kappa shape index (κ1) is 9.28. The minimum absolute atomic E-state index is 0.683. The van der Waals surface area contributed by atoms with Crippen molar-refractivity contribution in [3.8, 4) is 0 Å². The largest absolute Gasteiger partial charge is 0.378 e. The van der Waals surface area contributed by atoms with Crippen LogP contribution in [0.5, 0.6) is 0 Å². The van der Waals surface area contributed by atoms with E-state index in [-0.39, 0.29) is 0 Å². The molecule has 0 radical (unpaired) electrons. The lowest BCUT2D eigenvalue weighted by Crippen LogP contribution is -2.00. The molecule has 1 aromatic carbocycles. The molecule has 0 unspecified atom stereocenters. The average Bonchev–Trinajstić information content (AvgIpc) is 2.55. The SMILES string of the molecule is CCn1c(COC)cc2ccccc21. The van der Waals surface area contributed by atoms with Crippen molar-refractivity contribution in [2.45, 2.75) is 20.1 Å². The van der Waals surface area contributed by atoms with E-state index in [1.165, 1.54) is 16.6 Å². The van der Waals surface area contributed by atoms with Gasteiger partial charge in [-0.2, -0.15) is 0 Å². The molecule has 0 atom stereocenters. The zero-order valence-electron chi connectivity index (χ0n) is 8.66. The molecule has 0 spiro atoms. The number of hydrogen-bond donors (Lipinski definition) is 0. The third-order valence-electron chi connectivity index (χ3n) is 2.50. The van der Waals surface area contributed by atoms with E-state index in [2.05, 4.69) is 41.8 Å². The summed E-state index contributed by atoms with van der Waals surface area (Å²) >= 11 is 0. The Kier molecular flexibility index (Phi) is 2.55. The van der Waals surface area contributed by atoms with E-state index in [0.29, 0.717) is 6.61 Å². The van der Waals surface area contributed by atoms with Crippen LogP contribution in [0.15, 0.2) is 30.3 Å².